The lowest BCUT2D eigenvalue weighted by molar-refractivity contribution is 0.102. The maximum absolute atomic E-state index is 12.4. The summed E-state index contributed by atoms with van der Waals surface area (Å²) in [6.07, 6.45) is 1.30. The molecule has 0 saturated carbocycles. The molecule has 0 aliphatic carbocycles. The number of nitrogens with one attached hydrogen (secondary N) is 1. The lowest BCUT2D eigenvalue weighted by atomic mass is 10.3. The van der Waals surface area contributed by atoms with Crippen LogP contribution in [0.5, 0.6) is 0 Å². The number of aromatic nitrogens is 4. The van der Waals surface area contributed by atoms with Crippen LogP contribution in [0.3, 0.4) is 0 Å². The van der Waals surface area contributed by atoms with Gasteiger partial charge in [-0.1, -0.05) is 11.3 Å². The van der Waals surface area contributed by atoms with Crippen molar-refractivity contribution in [3.8, 4) is 0 Å². The summed E-state index contributed by atoms with van der Waals surface area (Å²) in [7, 11) is 0. The lowest BCUT2D eigenvalue weighted by Gasteiger charge is -2.01. The maximum Gasteiger partial charge on any atom is 0.271 e. The summed E-state index contributed by atoms with van der Waals surface area (Å²) in [6.45, 7) is 5.53. The van der Waals surface area contributed by atoms with Crippen LogP contribution in [0.4, 0.5) is 5.13 Å². The first-order valence-corrected chi connectivity index (χ1v) is 7.70. The monoisotopic (exact) mass is 321 g/mol. The summed E-state index contributed by atoms with van der Waals surface area (Å²) in [5, 5.41) is 11.3. The molecule has 7 nitrogen and oxygen atoms in total. The van der Waals surface area contributed by atoms with E-state index in [0.717, 1.165) is 15.6 Å². The van der Waals surface area contributed by atoms with Crippen molar-refractivity contribution in [1.29, 1.82) is 0 Å². The summed E-state index contributed by atoms with van der Waals surface area (Å²) in [5.74, 6) is -0.527. The second-order valence-corrected chi connectivity index (χ2v) is 6.78. The Morgan fingerprint density at radius 3 is 2.67 bits per heavy atom. The fourth-order valence-electron chi connectivity index (χ4n) is 1.84. The molecule has 0 aromatic carbocycles. The van der Waals surface area contributed by atoms with E-state index in [9.17, 15) is 9.59 Å². The second-order valence-electron chi connectivity index (χ2n) is 4.42. The predicted octanol–water partition coefficient (Wildman–Crippen LogP) is 1.79. The van der Waals surface area contributed by atoms with Gasteiger partial charge in [-0.2, -0.15) is 0 Å². The van der Waals surface area contributed by atoms with E-state index in [1.165, 1.54) is 33.3 Å². The van der Waals surface area contributed by atoms with Gasteiger partial charge in [-0.05, 0) is 20.8 Å². The molecule has 9 heteroatoms. The van der Waals surface area contributed by atoms with Gasteiger partial charge in [0, 0.05) is 16.8 Å². The topological polar surface area (TPSA) is 89.2 Å². The largest absolute Gasteiger partial charge is 0.296 e. The molecule has 3 aromatic rings. The fourth-order valence-corrected chi connectivity index (χ4v) is 3.36. The molecule has 21 heavy (non-hydrogen) atoms. The highest BCUT2D eigenvalue weighted by molar-refractivity contribution is 7.17. The number of thiazole rings is 1. The average molecular weight is 321 g/mol. The highest BCUT2D eigenvalue weighted by Crippen LogP contribution is 2.19. The Labute approximate surface area is 127 Å². The van der Waals surface area contributed by atoms with Crippen LogP contribution in [0.25, 0.3) is 4.96 Å². The van der Waals surface area contributed by atoms with Crippen molar-refractivity contribution < 1.29 is 4.79 Å². The van der Waals surface area contributed by atoms with E-state index in [0.29, 0.717) is 10.1 Å². The summed E-state index contributed by atoms with van der Waals surface area (Å²) < 4.78 is 1.46. The van der Waals surface area contributed by atoms with Crippen molar-refractivity contribution in [3.63, 3.8) is 0 Å². The molecular weight excluding hydrogens is 310 g/mol. The first-order chi connectivity index (χ1) is 9.97. The molecule has 0 unspecified atom stereocenters. The third-order valence-corrected chi connectivity index (χ3v) is 4.84. The van der Waals surface area contributed by atoms with Crippen LogP contribution in [0.1, 0.15) is 25.9 Å². The van der Waals surface area contributed by atoms with Crippen LogP contribution in [0.2, 0.25) is 0 Å². The van der Waals surface area contributed by atoms with Crippen molar-refractivity contribution in [2.75, 3.05) is 5.32 Å². The molecule has 1 N–H and O–H groups in total. The van der Waals surface area contributed by atoms with Gasteiger partial charge in [0.1, 0.15) is 10.6 Å². The van der Waals surface area contributed by atoms with Crippen LogP contribution < -0.4 is 10.9 Å². The highest BCUT2D eigenvalue weighted by atomic mass is 32.1. The Bertz CT molecular complexity index is 908. The first kappa shape index (κ1) is 13.8. The van der Waals surface area contributed by atoms with Crippen LogP contribution >= 0.6 is 22.7 Å². The quantitative estimate of drug-likeness (QED) is 0.777. The zero-order chi connectivity index (χ0) is 15.1. The third-order valence-electron chi connectivity index (χ3n) is 3.01. The summed E-state index contributed by atoms with van der Waals surface area (Å²) in [5.41, 5.74) is 0.413. The molecule has 3 rings (SSSR count). The first-order valence-electron chi connectivity index (χ1n) is 6.06. The number of fused-ring (bicyclic) bond motifs is 1. The van der Waals surface area contributed by atoms with Gasteiger partial charge >= 0.3 is 0 Å². The van der Waals surface area contributed by atoms with Gasteiger partial charge in [0.05, 0.1) is 0 Å². The number of rotatable bonds is 2. The maximum atomic E-state index is 12.4. The second kappa shape index (κ2) is 5.01. The number of carbonyl (C=O) groups excluding carboxylic acids is 1. The summed E-state index contributed by atoms with van der Waals surface area (Å²) in [6, 6.07) is 0. The van der Waals surface area contributed by atoms with Crippen molar-refractivity contribution in [2.45, 2.75) is 20.8 Å². The number of amides is 1. The van der Waals surface area contributed by atoms with Crippen molar-refractivity contribution in [1.82, 2.24) is 19.6 Å². The number of anilines is 1. The summed E-state index contributed by atoms with van der Waals surface area (Å²) >= 11 is 2.67. The minimum absolute atomic E-state index is 0.0127. The minimum atomic E-state index is -0.527. The van der Waals surface area contributed by atoms with Gasteiger partial charge in [-0.25, -0.2) is 4.98 Å². The molecule has 3 heterocycles. The van der Waals surface area contributed by atoms with Crippen molar-refractivity contribution in [3.05, 3.63) is 37.7 Å². The van der Waals surface area contributed by atoms with Crippen LogP contribution in [-0.4, -0.2) is 25.5 Å². The molecular formula is C12H11N5O2S2. The molecule has 0 aliphatic rings. The van der Waals surface area contributed by atoms with E-state index in [4.69, 9.17) is 0 Å². The normalized spacial score (nSPS) is 11.0. The lowest BCUT2D eigenvalue weighted by Crippen LogP contribution is -2.26. The Hall–Kier alpha value is -2.13. The molecule has 0 saturated heterocycles. The van der Waals surface area contributed by atoms with E-state index in [1.54, 1.807) is 6.92 Å². The molecule has 0 bridgehead atoms. The SMILES string of the molecule is Cc1nnc(NC(=O)c2cnc3sc(C)c(C)n3c2=O)s1. The number of carbonyl (C=O) groups is 1. The zero-order valence-electron chi connectivity index (χ0n) is 11.5. The van der Waals surface area contributed by atoms with E-state index in [2.05, 4.69) is 20.5 Å². The molecule has 1 amide bonds. The van der Waals surface area contributed by atoms with E-state index in [1.807, 2.05) is 13.8 Å². The third kappa shape index (κ3) is 2.34. The van der Waals surface area contributed by atoms with Gasteiger partial charge in [0.25, 0.3) is 11.5 Å². The predicted molar refractivity (Wildman–Crippen MR) is 81.4 cm³/mol. The molecule has 108 valence electrons. The van der Waals surface area contributed by atoms with Gasteiger partial charge in [0.15, 0.2) is 4.96 Å². The van der Waals surface area contributed by atoms with Crippen LogP contribution in [-0.2, 0) is 0 Å². The van der Waals surface area contributed by atoms with Gasteiger partial charge in [-0.15, -0.1) is 21.5 Å². The van der Waals surface area contributed by atoms with E-state index < -0.39 is 5.91 Å². The molecule has 0 radical (unpaired) electrons. The Balaban J connectivity index is 2.04. The van der Waals surface area contributed by atoms with Crippen molar-refractivity contribution >= 4 is 38.7 Å². The number of aryl methyl sites for hydroxylation is 3. The van der Waals surface area contributed by atoms with E-state index in [-0.39, 0.29) is 11.1 Å². The minimum Gasteiger partial charge on any atom is -0.296 e. The van der Waals surface area contributed by atoms with Gasteiger partial charge in [-0.3, -0.25) is 19.3 Å². The smallest absolute Gasteiger partial charge is 0.271 e. The average Bonchev–Trinajstić information content (AvgIpc) is 2.95. The Morgan fingerprint density at radius 2 is 2.00 bits per heavy atom. The van der Waals surface area contributed by atoms with Gasteiger partial charge in [0.2, 0.25) is 5.13 Å². The van der Waals surface area contributed by atoms with Gasteiger partial charge < -0.3 is 0 Å². The number of nitrogens with zero attached hydrogens (tertiary/aromatic N) is 4. The standard InChI is InChI=1S/C12H11N5O2S2/c1-5-6(2)20-12-13-4-8(10(19)17(5)12)9(18)14-11-16-15-7(3)21-11/h4H,1-3H3,(H,14,16,18). The molecule has 0 spiro atoms. The number of hydrogen-bond acceptors (Lipinski definition) is 7. The highest BCUT2D eigenvalue weighted by Gasteiger charge is 2.17. The fraction of sp³-hybridized carbons (Fsp3) is 0.250. The molecule has 0 aliphatic heterocycles. The zero-order valence-corrected chi connectivity index (χ0v) is 13.1. The van der Waals surface area contributed by atoms with E-state index >= 15 is 0 Å². The van der Waals surface area contributed by atoms with Crippen LogP contribution in [0, 0.1) is 20.8 Å². The van der Waals surface area contributed by atoms with Crippen LogP contribution in [0.15, 0.2) is 11.0 Å². The Kier molecular flexibility index (Phi) is 3.30. The molecule has 3 aromatic heterocycles. The molecule has 0 fully saturated rings. The Morgan fingerprint density at radius 1 is 1.24 bits per heavy atom. The number of hydrogen-bond donors (Lipinski definition) is 1. The van der Waals surface area contributed by atoms with Crippen molar-refractivity contribution in [2.24, 2.45) is 0 Å². The summed E-state index contributed by atoms with van der Waals surface area (Å²) in [4.78, 5) is 30.4. The molecule has 0 atom stereocenters.